The van der Waals surface area contributed by atoms with Crippen molar-refractivity contribution in [2.24, 2.45) is 0 Å². The Morgan fingerprint density at radius 1 is 1.12 bits per heavy atom. The number of thioether (sulfide) groups is 1. The van der Waals surface area contributed by atoms with Gasteiger partial charge in [0.1, 0.15) is 17.3 Å². The summed E-state index contributed by atoms with van der Waals surface area (Å²) in [6, 6.07) is 18.5. The topological polar surface area (TPSA) is 86.3 Å². The number of amides is 1. The number of ether oxygens (including phenoxy) is 1. The largest absolute Gasteiger partial charge is 0.497 e. The normalized spacial score (nSPS) is 10.8. The van der Waals surface area contributed by atoms with Crippen LogP contribution in [-0.4, -0.2) is 50.9 Å². The highest BCUT2D eigenvalue weighted by Gasteiger charge is 2.16. The third-order valence-corrected chi connectivity index (χ3v) is 5.85. The number of aromatic nitrogens is 4. The van der Waals surface area contributed by atoms with E-state index in [4.69, 9.17) is 20.8 Å². The molecule has 0 radical (unpaired) electrons. The molecule has 0 aliphatic rings. The first-order valence-electron chi connectivity index (χ1n) is 9.67. The van der Waals surface area contributed by atoms with E-state index in [0.29, 0.717) is 22.5 Å². The molecule has 2 heterocycles. The van der Waals surface area contributed by atoms with Crippen molar-refractivity contribution in [3.8, 4) is 22.8 Å². The Labute approximate surface area is 194 Å². The molecule has 2 aromatic heterocycles. The molecule has 4 aromatic rings. The van der Waals surface area contributed by atoms with Crippen molar-refractivity contribution in [3.05, 3.63) is 71.4 Å². The van der Waals surface area contributed by atoms with Crippen molar-refractivity contribution >= 4 is 29.3 Å². The molecular formula is C22H20ClN5O3S. The van der Waals surface area contributed by atoms with E-state index in [0.717, 1.165) is 22.8 Å². The highest BCUT2D eigenvalue weighted by molar-refractivity contribution is 7.99. The number of halogens is 1. The van der Waals surface area contributed by atoms with Crippen LogP contribution in [0.25, 0.3) is 17.0 Å². The maximum absolute atomic E-state index is 12.6. The van der Waals surface area contributed by atoms with Crippen LogP contribution in [0.15, 0.2) is 70.2 Å². The van der Waals surface area contributed by atoms with E-state index in [-0.39, 0.29) is 11.7 Å². The third-order valence-electron chi connectivity index (χ3n) is 4.69. The Morgan fingerprint density at radius 2 is 1.88 bits per heavy atom. The number of nitrogens with zero attached hydrogens (tertiary/aromatic N) is 5. The van der Waals surface area contributed by atoms with Gasteiger partial charge in [0.05, 0.1) is 25.1 Å². The van der Waals surface area contributed by atoms with Gasteiger partial charge in [-0.2, -0.15) is 4.68 Å². The van der Waals surface area contributed by atoms with E-state index in [2.05, 4.69) is 15.5 Å². The van der Waals surface area contributed by atoms with Gasteiger partial charge in [0.25, 0.3) is 0 Å². The highest BCUT2D eigenvalue weighted by atomic mass is 35.5. The monoisotopic (exact) mass is 469 g/mol. The predicted molar refractivity (Wildman–Crippen MR) is 122 cm³/mol. The van der Waals surface area contributed by atoms with Gasteiger partial charge < -0.3 is 14.1 Å². The third kappa shape index (κ3) is 5.12. The van der Waals surface area contributed by atoms with Gasteiger partial charge in [0.2, 0.25) is 11.1 Å². The molecule has 0 N–H and O–H groups in total. The van der Waals surface area contributed by atoms with Crippen molar-refractivity contribution < 1.29 is 13.9 Å². The maximum atomic E-state index is 12.6. The molecule has 2 aromatic carbocycles. The molecule has 1 amide bonds. The number of furan rings is 1. The second kappa shape index (κ2) is 9.88. The minimum Gasteiger partial charge on any atom is -0.497 e. The SMILES string of the molecule is COc1ccc(-n2nnnc2SCC(=O)N(C)Cc2ccc(-c3ccc(Cl)cc3)o2)cc1. The van der Waals surface area contributed by atoms with Crippen LogP contribution in [0, 0.1) is 0 Å². The molecule has 8 nitrogen and oxygen atoms in total. The summed E-state index contributed by atoms with van der Waals surface area (Å²) in [6.45, 7) is 0.358. The summed E-state index contributed by atoms with van der Waals surface area (Å²) in [7, 11) is 3.34. The van der Waals surface area contributed by atoms with Crippen LogP contribution < -0.4 is 4.74 Å². The second-order valence-electron chi connectivity index (χ2n) is 6.88. The van der Waals surface area contributed by atoms with E-state index < -0.39 is 0 Å². The van der Waals surface area contributed by atoms with Gasteiger partial charge in [-0.1, -0.05) is 23.4 Å². The minimum absolute atomic E-state index is 0.0660. The maximum Gasteiger partial charge on any atom is 0.233 e. The molecular weight excluding hydrogens is 450 g/mol. The highest BCUT2D eigenvalue weighted by Crippen LogP contribution is 2.25. The van der Waals surface area contributed by atoms with Crippen LogP contribution in [-0.2, 0) is 11.3 Å². The first kappa shape index (κ1) is 21.9. The summed E-state index contributed by atoms with van der Waals surface area (Å²) in [5.74, 6) is 2.29. The van der Waals surface area contributed by atoms with Gasteiger partial charge in [0.15, 0.2) is 0 Å². The Balaban J connectivity index is 1.35. The zero-order chi connectivity index (χ0) is 22.5. The number of carbonyl (C=O) groups excluding carboxylic acids is 1. The van der Waals surface area contributed by atoms with Gasteiger partial charge in [-0.25, -0.2) is 0 Å². The van der Waals surface area contributed by atoms with Gasteiger partial charge in [-0.05, 0) is 71.1 Å². The Morgan fingerprint density at radius 3 is 2.59 bits per heavy atom. The fourth-order valence-corrected chi connectivity index (χ4v) is 3.90. The van der Waals surface area contributed by atoms with Crippen LogP contribution in [0.1, 0.15) is 5.76 Å². The number of hydrogen-bond acceptors (Lipinski definition) is 7. The molecule has 164 valence electrons. The average Bonchev–Trinajstić information content (AvgIpc) is 3.47. The van der Waals surface area contributed by atoms with E-state index >= 15 is 0 Å². The lowest BCUT2D eigenvalue weighted by atomic mass is 10.2. The van der Waals surface area contributed by atoms with Crippen LogP contribution >= 0.6 is 23.4 Å². The summed E-state index contributed by atoms with van der Waals surface area (Å²) in [4.78, 5) is 14.3. The summed E-state index contributed by atoms with van der Waals surface area (Å²) in [5, 5.41) is 13.0. The van der Waals surface area contributed by atoms with Crippen molar-refractivity contribution in [1.82, 2.24) is 25.1 Å². The Hall–Kier alpha value is -3.30. The summed E-state index contributed by atoms with van der Waals surface area (Å²) >= 11 is 7.21. The molecule has 32 heavy (non-hydrogen) atoms. The van der Waals surface area contributed by atoms with Crippen LogP contribution in [0.5, 0.6) is 5.75 Å². The molecule has 10 heteroatoms. The zero-order valence-corrected chi connectivity index (χ0v) is 19.0. The van der Waals surface area contributed by atoms with Gasteiger partial charge in [-0.15, -0.1) is 5.10 Å². The lowest BCUT2D eigenvalue weighted by molar-refractivity contribution is -0.127. The molecule has 0 aliphatic carbocycles. The molecule has 0 unspecified atom stereocenters. The molecule has 4 rings (SSSR count). The quantitative estimate of drug-likeness (QED) is 0.355. The van der Waals surface area contributed by atoms with E-state index in [1.807, 2.05) is 60.7 Å². The molecule has 0 bridgehead atoms. The number of carbonyl (C=O) groups is 1. The fraction of sp³-hybridized carbons (Fsp3) is 0.182. The molecule has 0 saturated heterocycles. The van der Waals surface area contributed by atoms with Crippen molar-refractivity contribution in [1.29, 1.82) is 0 Å². The molecule has 0 atom stereocenters. The number of methoxy groups -OCH3 is 1. The minimum atomic E-state index is -0.0660. The standard InChI is InChI=1S/C22H20ClN5O3S/c1-27(13-19-11-12-20(31-19)15-3-5-16(23)6-4-15)21(29)14-32-22-24-25-26-28(22)17-7-9-18(30-2)10-8-17/h3-12H,13-14H2,1-2H3. The van der Waals surface area contributed by atoms with E-state index in [1.165, 1.54) is 11.8 Å². The lowest BCUT2D eigenvalue weighted by Gasteiger charge is -2.15. The lowest BCUT2D eigenvalue weighted by Crippen LogP contribution is -2.27. The van der Waals surface area contributed by atoms with Crippen LogP contribution in [0.3, 0.4) is 0 Å². The number of benzene rings is 2. The van der Waals surface area contributed by atoms with Crippen LogP contribution in [0.4, 0.5) is 0 Å². The van der Waals surface area contributed by atoms with Crippen molar-refractivity contribution in [2.45, 2.75) is 11.7 Å². The van der Waals surface area contributed by atoms with Crippen molar-refractivity contribution in [2.75, 3.05) is 19.9 Å². The van der Waals surface area contributed by atoms with Gasteiger partial charge in [-0.3, -0.25) is 4.79 Å². The van der Waals surface area contributed by atoms with Crippen molar-refractivity contribution in [3.63, 3.8) is 0 Å². The number of hydrogen-bond donors (Lipinski definition) is 0. The Bertz CT molecular complexity index is 1190. The fourth-order valence-electron chi connectivity index (χ4n) is 2.94. The number of rotatable bonds is 8. The molecule has 0 spiro atoms. The van der Waals surface area contributed by atoms with E-state index in [9.17, 15) is 4.79 Å². The predicted octanol–water partition coefficient (Wildman–Crippen LogP) is 4.34. The average molecular weight is 470 g/mol. The van der Waals surface area contributed by atoms with E-state index in [1.54, 1.807) is 23.7 Å². The zero-order valence-electron chi connectivity index (χ0n) is 17.4. The molecule has 0 fully saturated rings. The first-order valence-corrected chi connectivity index (χ1v) is 11.0. The second-order valence-corrected chi connectivity index (χ2v) is 8.26. The Kier molecular flexibility index (Phi) is 6.77. The summed E-state index contributed by atoms with van der Waals surface area (Å²) in [6.07, 6.45) is 0. The first-order chi connectivity index (χ1) is 15.5. The van der Waals surface area contributed by atoms with Gasteiger partial charge >= 0.3 is 0 Å². The molecule has 0 aliphatic heterocycles. The molecule has 0 saturated carbocycles. The van der Waals surface area contributed by atoms with Gasteiger partial charge in [0, 0.05) is 17.6 Å². The number of tetrazole rings is 1. The summed E-state index contributed by atoms with van der Waals surface area (Å²) in [5.41, 5.74) is 1.71. The summed E-state index contributed by atoms with van der Waals surface area (Å²) < 4.78 is 12.6. The van der Waals surface area contributed by atoms with Crippen LogP contribution in [0.2, 0.25) is 5.02 Å². The smallest absolute Gasteiger partial charge is 0.233 e.